The number of nitrogens with zero attached hydrogens (tertiary/aromatic N) is 3. The second-order valence-corrected chi connectivity index (χ2v) is 4.93. The number of carboxylic acids is 1. The summed E-state index contributed by atoms with van der Waals surface area (Å²) in [6.45, 7) is 1.32. The number of aliphatic carboxylic acids is 1. The molecular weight excluding hydrogens is 262 g/mol. The van der Waals surface area contributed by atoms with Gasteiger partial charge in [0, 0.05) is 32.9 Å². The summed E-state index contributed by atoms with van der Waals surface area (Å²) in [6, 6.07) is 0. The van der Waals surface area contributed by atoms with Gasteiger partial charge in [-0.05, 0) is 12.8 Å². The van der Waals surface area contributed by atoms with Gasteiger partial charge in [-0.15, -0.1) is 0 Å². The summed E-state index contributed by atoms with van der Waals surface area (Å²) in [5, 5.41) is 12.8. The maximum absolute atomic E-state index is 12.4. The monoisotopic (exact) mass is 281 g/mol. The number of aryl methyl sites for hydroxylation is 1. The molecule has 7 heteroatoms. The second-order valence-electron chi connectivity index (χ2n) is 4.93. The molecule has 0 unspecified atom stereocenters. The van der Waals surface area contributed by atoms with Crippen molar-refractivity contribution < 1.29 is 19.4 Å². The molecule has 1 amide bonds. The molecule has 0 radical (unpaired) electrons. The average molecular weight is 281 g/mol. The maximum Gasteiger partial charge on any atom is 0.305 e. The van der Waals surface area contributed by atoms with E-state index < -0.39 is 5.97 Å². The molecule has 2 rings (SSSR count). The molecule has 1 N–H and O–H groups in total. The Morgan fingerprint density at radius 2 is 2.40 bits per heavy atom. The first-order chi connectivity index (χ1) is 9.56. The van der Waals surface area contributed by atoms with Crippen molar-refractivity contribution in [3.8, 4) is 0 Å². The normalized spacial score (nSPS) is 18.1. The Bertz CT molecular complexity index is 480. The molecule has 0 spiro atoms. The minimum absolute atomic E-state index is 0.00409. The molecule has 1 saturated heterocycles. The molecule has 1 aromatic rings. The molecule has 0 aliphatic carbocycles. The Morgan fingerprint density at radius 3 is 2.95 bits per heavy atom. The molecule has 1 aromatic heterocycles. The van der Waals surface area contributed by atoms with Crippen molar-refractivity contribution in [1.82, 2.24) is 14.7 Å². The lowest BCUT2D eigenvalue weighted by atomic mass is 10.2. The first-order valence-corrected chi connectivity index (χ1v) is 6.67. The van der Waals surface area contributed by atoms with Gasteiger partial charge < -0.3 is 14.7 Å². The van der Waals surface area contributed by atoms with Crippen molar-refractivity contribution >= 4 is 11.9 Å². The summed E-state index contributed by atoms with van der Waals surface area (Å²) >= 11 is 0. The van der Waals surface area contributed by atoms with Gasteiger partial charge in [0.2, 0.25) is 0 Å². The van der Waals surface area contributed by atoms with E-state index in [4.69, 9.17) is 9.84 Å². The fraction of sp³-hybridized carbons (Fsp3) is 0.615. The molecule has 1 atom stereocenters. The molecule has 1 aliphatic heterocycles. The summed E-state index contributed by atoms with van der Waals surface area (Å²) in [4.78, 5) is 24.6. The maximum atomic E-state index is 12.4. The zero-order chi connectivity index (χ0) is 14.5. The van der Waals surface area contributed by atoms with E-state index in [2.05, 4.69) is 5.10 Å². The van der Waals surface area contributed by atoms with Crippen LogP contribution in [-0.2, 0) is 16.6 Å². The summed E-state index contributed by atoms with van der Waals surface area (Å²) in [5.41, 5.74) is 0.468. The minimum atomic E-state index is -0.915. The highest BCUT2D eigenvalue weighted by molar-refractivity contribution is 5.94. The van der Waals surface area contributed by atoms with Gasteiger partial charge in [-0.25, -0.2) is 0 Å². The van der Waals surface area contributed by atoms with Crippen LogP contribution in [0.1, 0.15) is 29.6 Å². The molecule has 20 heavy (non-hydrogen) atoms. The number of aromatic nitrogens is 2. The standard InChI is InChI=1S/C13H19N3O4/c1-15-8-10(7-14-15)13(19)16(5-4-12(17)18)9-11-3-2-6-20-11/h7-8,11H,2-6,9H2,1H3,(H,17,18)/t11-/m0/s1. The topological polar surface area (TPSA) is 84.7 Å². The zero-order valence-corrected chi connectivity index (χ0v) is 11.5. The lowest BCUT2D eigenvalue weighted by Gasteiger charge is -2.24. The lowest BCUT2D eigenvalue weighted by molar-refractivity contribution is -0.137. The first kappa shape index (κ1) is 14.5. The van der Waals surface area contributed by atoms with E-state index in [-0.39, 0.29) is 25.0 Å². The second kappa shape index (κ2) is 6.51. The smallest absolute Gasteiger partial charge is 0.305 e. The Morgan fingerprint density at radius 1 is 1.60 bits per heavy atom. The fourth-order valence-electron chi connectivity index (χ4n) is 2.25. The quantitative estimate of drug-likeness (QED) is 0.821. The SMILES string of the molecule is Cn1cc(C(=O)N(CCC(=O)O)C[C@@H]2CCCO2)cn1. The van der Waals surface area contributed by atoms with Gasteiger partial charge in [-0.2, -0.15) is 5.10 Å². The molecule has 7 nitrogen and oxygen atoms in total. The van der Waals surface area contributed by atoms with E-state index in [0.717, 1.165) is 12.8 Å². The molecule has 110 valence electrons. The molecular formula is C13H19N3O4. The first-order valence-electron chi connectivity index (χ1n) is 6.67. The van der Waals surface area contributed by atoms with Crippen LogP contribution in [0.25, 0.3) is 0 Å². The van der Waals surface area contributed by atoms with Crippen LogP contribution >= 0.6 is 0 Å². The Balaban J connectivity index is 2.03. The van der Waals surface area contributed by atoms with Crippen LogP contribution in [-0.4, -0.2) is 57.5 Å². The number of ether oxygens (including phenoxy) is 1. The van der Waals surface area contributed by atoms with Gasteiger partial charge in [-0.1, -0.05) is 0 Å². The van der Waals surface area contributed by atoms with Crippen molar-refractivity contribution in [2.75, 3.05) is 19.7 Å². The fourth-order valence-corrected chi connectivity index (χ4v) is 2.25. The van der Waals surface area contributed by atoms with Crippen LogP contribution < -0.4 is 0 Å². The zero-order valence-electron chi connectivity index (χ0n) is 11.5. The van der Waals surface area contributed by atoms with Crippen LogP contribution in [0, 0.1) is 0 Å². The predicted molar refractivity (Wildman–Crippen MR) is 70.3 cm³/mol. The third-order valence-corrected chi connectivity index (χ3v) is 3.28. The van der Waals surface area contributed by atoms with Crippen LogP contribution in [0.5, 0.6) is 0 Å². The van der Waals surface area contributed by atoms with Crippen molar-refractivity contribution in [3.05, 3.63) is 18.0 Å². The Labute approximate surface area is 117 Å². The van der Waals surface area contributed by atoms with Gasteiger partial charge in [0.15, 0.2) is 0 Å². The van der Waals surface area contributed by atoms with Crippen LogP contribution in [0.2, 0.25) is 0 Å². The highest BCUT2D eigenvalue weighted by atomic mass is 16.5. The van der Waals surface area contributed by atoms with E-state index in [1.807, 2.05) is 0 Å². The van der Waals surface area contributed by atoms with Crippen molar-refractivity contribution in [1.29, 1.82) is 0 Å². The number of carbonyl (C=O) groups excluding carboxylic acids is 1. The number of rotatable bonds is 6. The number of hydrogen-bond acceptors (Lipinski definition) is 4. The van der Waals surface area contributed by atoms with E-state index in [9.17, 15) is 9.59 Å². The molecule has 0 aromatic carbocycles. The van der Waals surface area contributed by atoms with Crippen LogP contribution in [0.4, 0.5) is 0 Å². The van der Waals surface area contributed by atoms with E-state index in [1.165, 1.54) is 6.20 Å². The number of amides is 1. The van der Waals surface area contributed by atoms with Crippen LogP contribution in [0.3, 0.4) is 0 Å². The summed E-state index contributed by atoms with van der Waals surface area (Å²) < 4.78 is 7.07. The summed E-state index contributed by atoms with van der Waals surface area (Å²) in [5.74, 6) is -1.11. The average Bonchev–Trinajstić information content (AvgIpc) is 3.04. The summed E-state index contributed by atoms with van der Waals surface area (Å²) in [7, 11) is 1.73. The van der Waals surface area contributed by atoms with Crippen molar-refractivity contribution in [2.45, 2.75) is 25.4 Å². The third kappa shape index (κ3) is 3.80. The Kier molecular flexibility index (Phi) is 4.73. The highest BCUT2D eigenvalue weighted by Gasteiger charge is 2.24. The third-order valence-electron chi connectivity index (χ3n) is 3.28. The molecule has 1 aliphatic rings. The summed E-state index contributed by atoms with van der Waals surface area (Å²) in [6.07, 6.45) is 4.95. The number of carboxylic acid groups (broad SMARTS) is 1. The van der Waals surface area contributed by atoms with E-state index in [1.54, 1.807) is 22.8 Å². The lowest BCUT2D eigenvalue weighted by Crippen LogP contribution is -2.38. The van der Waals surface area contributed by atoms with Crippen LogP contribution in [0.15, 0.2) is 12.4 Å². The Hall–Kier alpha value is -1.89. The molecule has 0 bridgehead atoms. The van der Waals surface area contributed by atoms with Gasteiger partial charge in [0.1, 0.15) is 0 Å². The number of hydrogen-bond donors (Lipinski definition) is 1. The van der Waals surface area contributed by atoms with Gasteiger partial charge in [-0.3, -0.25) is 14.3 Å². The minimum Gasteiger partial charge on any atom is -0.481 e. The van der Waals surface area contributed by atoms with Gasteiger partial charge in [0.05, 0.1) is 24.3 Å². The van der Waals surface area contributed by atoms with Gasteiger partial charge >= 0.3 is 5.97 Å². The predicted octanol–water partition coefficient (Wildman–Crippen LogP) is 0.516. The van der Waals surface area contributed by atoms with Gasteiger partial charge in [0.25, 0.3) is 5.91 Å². The number of carbonyl (C=O) groups is 2. The van der Waals surface area contributed by atoms with E-state index >= 15 is 0 Å². The highest BCUT2D eigenvalue weighted by Crippen LogP contribution is 2.15. The molecule has 0 saturated carbocycles. The largest absolute Gasteiger partial charge is 0.481 e. The van der Waals surface area contributed by atoms with Crippen molar-refractivity contribution in [3.63, 3.8) is 0 Å². The van der Waals surface area contributed by atoms with Crippen molar-refractivity contribution in [2.24, 2.45) is 7.05 Å². The molecule has 1 fully saturated rings. The molecule has 2 heterocycles. The van der Waals surface area contributed by atoms with E-state index in [0.29, 0.717) is 18.7 Å².